The molecule has 4 rings (SSSR count). The Hall–Kier alpha value is -2.25. The third-order valence-corrected chi connectivity index (χ3v) is 4.43. The van der Waals surface area contributed by atoms with Crippen LogP contribution in [0.15, 0.2) is 18.5 Å². The molecule has 4 atom stereocenters. The monoisotopic (exact) mass is 332 g/mol. The van der Waals surface area contributed by atoms with E-state index in [1.54, 1.807) is 30.5 Å². The third kappa shape index (κ3) is 1.88. The molecule has 0 amide bonds. The minimum atomic E-state index is -1.38. The lowest BCUT2D eigenvalue weighted by atomic mass is 10.0. The average molecular weight is 332 g/mol. The van der Waals surface area contributed by atoms with E-state index >= 15 is 0 Å². The summed E-state index contributed by atoms with van der Waals surface area (Å²) in [5.74, 6) is -0.524. The van der Waals surface area contributed by atoms with Crippen LogP contribution in [-0.4, -0.2) is 50.4 Å². The number of ether oxygens (including phenoxy) is 3. The van der Waals surface area contributed by atoms with E-state index in [4.69, 9.17) is 26.5 Å². The number of hydrogen-bond donors (Lipinski definition) is 2. The number of nitrogen functional groups attached to an aromatic ring is 1. The summed E-state index contributed by atoms with van der Waals surface area (Å²) in [6.45, 7) is 9.07. The van der Waals surface area contributed by atoms with Gasteiger partial charge in [-0.1, -0.05) is 0 Å². The maximum atomic E-state index is 9.67. The summed E-state index contributed by atoms with van der Waals surface area (Å²) in [7, 11) is 0. The van der Waals surface area contributed by atoms with Crippen molar-refractivity contribution in [3.05, 3.63) is 29.0 Å². The number of nitrogens with two attached hydrogens (primary N) is 1. The lowest BCUT2D eigenvalue weighted by Gasteiger charge is -2.23. The van der Waals surface area contributed by atoms with Gasteiger partial charge in [-0.15, -0.1) is 0 Å². The Balaban J connectivity index is 1.90. The van der Waals surface area contributed by atoms with E-state index in [1.165, 1.54) is 6.33 Å². The zero-order chi connectivity index (χ0) is 17.1. The van der Waals surface area contributed by atoms with Crippen molar-refractivity contribution in [3.63, 3.8) is 0 Å². The number of rotatable bonds is 2. The summed E-state index contributed by atoms with van der Waals surface area (Å²) in [5.41, 5.74) is 5.64. The van der Waals surface area contributed by atoms with Crippen molar-refractivity contribution in [1.29, 1.82) is 0 Å². The molecule has 0 saturated carbocycles. The standard InChI is InChI=1S/C15H18N5O4/c1-14(2)23-11-9(6-21)22-15(17-3,12(11)24-14)10-5-4-8-13(16)18-7-19-20(8)10/h3-5,7,9,11-12,21H,6H2,1-2H3,(H2,16,18,19)/q+1/t9-,11-,12-,15+/m1/s1. The zero-order valence-electron chi connectivity index (χ0n) is 13.3. The van der Waals surface area contributed by atoms with Crippen molar-refractivity contribution in [2.75, 3.05) is 12.3 Å². The molecule has 0 aromatic carbocycles. The minimum absolute atomic E-state index is 0.252. The summed E-state index contributed by atoms with van der Waals surface area (Å²) < 4.78 is 19.4. The number of aliphatic hydroxyl groups excluding tert-OH is 1. The van der Waals surface area contributed by atoms with Crippen molar-refractivity contribution >= 4 is 11.3 Å². The van der Waals surface area contributed by atoms with Crippen molar-refractivity contribution in [2.24, 2.45) is 0 Å². The second-order valence-electron chi connectivity index (χ2n) is 6.35. The Labute approximate surface area is 137 Å². The highest BCUT2D eigenvalue weighted by Gasteiger charge is 2.72. The molecule has 24 heavy (non-hydrogen) atoms. The van der Waals surface area contributed by atoms with Gasteiger partial charge in [0.05, 0.1) is 6.61 Å². The van der Waals surface area contributed by atoms with Gasteiger partial charge in [0.15, 0.2) is 17.3 Å². The Bertz CT molecular complexity index is 844. The number of fused-ring (bicyclic) bond motifs is 2. The Morgan fingerprint density at radius 1 is 1.38 bits per heavy atom. The first-order valence-corrected chi connectivity index (χ1v) is 7.57. The quantitative estimate of drug-likeness (QED) is 0.816. The maximum absolute atomic E-state index is 9.67. The molecule has 2 saturated heterocycles. The van der Waals surface area contributed by atoms with Gasteiger partial charge in [0.1, 0.15) is 24.1 Å². The predicted octanol–water partition coefficient (Wildman–Crippen LogP) is 0.338. The van der Waals surface area contributed by atoms with Crippen LogP contribution >= 0.6 is 0 Å². The molecule has 0 radical (unpaired) electrons. The van der Waals surface area contributed by atoms with Gasteiger partial charge in [-0.2, -0.15) is 5.10 Å². The largest absolute Gasteiger partial charge is 0.456 e. The lowest BCUT2D eigenvalue weighted by molar-refractivity contribution is -0.206. The molecule has 4 heterocycles. The molecule has 9 heteroatoms. The summed E-state index contributed by atoms with van der Waals surface area (Å²) in [6.07, 6.45) is -0.443. The number of anilines is 1. The third-order valence-electron chi connectivity index (χ3n) is 4.43. The first-order valence-electron chi connectivity index (χ1n) is 7.57. The van der Waals surface area contributed by atoms with Crippen molar-refractivity contribution in [3.8, 4) is 6.57 Å². The fourth-order valence-electron chi connectivity index (χ4n) is 3.47. The van der Waals surface area contributed by atoms with Gasteiger partial charge in [0.2, 0.25) is 6.10 Å². The highest BCUT2D eigenvalue weighted by molar-refractivity contribution is 5.65. The highest BCUT2D eigenvalue weighted by atomic mass is 16.8. The van der Waals surface area contributed by atoms with E-state index in [1.807, 2.05) is 0 Å². The van der Waals surface area contributed by atoms with Gasteiger partial charge in [0.25, 0.3) is 6.57 Å². The highest BCUT2D eigenvalue weighted by Crippen LogP contribution is 2.50. The molecule has 2 aromatic heterocycles. The molecule has 0 bridgehead atoms. The van der Waals surface area contributed by atoms with Crippen LogP contribution in [0, 0.1) is 6.57 Å². The van der Waals surface area contributed by atoms with E-state index in [0.29, 0.717) is 17.0 Å². The fraction of sp³-hybridized carbons (Fsp3) is 0.533. The van der Waals surface area contributed by atoms with Gasteiger partial charge < -0.3 is 20.3 Å². The van der Waals surface area contributed by atoms with Crippen LogP contribution in [0.4, 0.5) is 5.82 Å². The number of aromatic nitrogens is 3. The van der Waals surface area contributed by atoms with Crippen LogP contribution < -0.4 is 5.73 Å². The van der Waals surface area contributed by atoms with E-state index in [2.05, 4.69) is 14.9 Å². The molecule has 9 nitrogen and oxygen atoms in total. The molecular formula is C15H18N5O4+. The van der Waals surface area contributed by atoms with Crippen molar-refractivity contribution < 1.29 is 19.3 Å². The Morgan fingerprint density at radius 2 is 2.17 bits per heavy atom. The van der Waals surface area contributed by atoms with Crippen LogP contribution in [0.1, 0.15) is 19.5 Å². The maximum Gasteiger partial charge on any atom is 0.456 e. The SMILES string of the molecule is C#[N+][C@@]1(c2ccc3c(N)ncnn23)O[C@H](CO)[C@H]2OC(C)(C)O[C@H]21. The number of hydrogen-bond acceptors (Lipinski definition) is 7. The first-order chi connectivity index (χ1) is 11.4. The van der Waals surface area contributed by atoms with Crippen LogP contribution in [0.5, 0.6) is 0 Å². The lowest BCUT2D eigenvalue weighted by Crippen LogP contribution is -2.39. The van der Waals surface area contributed by atoms with E-state index in [-0.39, 0.29) is 6.61 Å². The molecular weight excluding hydrogens is 314 g/mol. The van der Waals surface area contributed by atoms with Crippen LogP contribution in [-0.2, 0) is 19.9 Å². The molecule has 0 aliphatic carbocycles. The fourth-order valence-corrected chi connectivity index (χ4v) is 3.47. The summed E-state index contributed by atoms with van der Waals surface area (Å²) in [4.78, 5) is 7.95. The number of aliphatic hydroxyl groups is 1. The molecule has 0 spiro atoms. The molecule has 3 N–H and O–H groups in total. The summed E-state index contributed by atoms with van der Waals surface area (Å²) >= 11 is 0. The molecule has 2 fully saturated rings. The van der Waals surface area contributed by atoms with Crippen LogP contribution in [0.3, 0.4) is 0 Å². The van der Waals surface area contributed by atoms with Crippen LogP contribution in [0.2, 0.25) is 0 Å². The van der Waals surface area contributed by atoms with Gasteiger partial charge >= 0.3 is 5.72 Å². The van der Waals surface area contributed by atoms with E-state index < -0.39 is 29.8 Å². The summed E-state index contributed by atoms with van der Waals surface area (Å²) in [5, 5.41) is 13.9. The molecule has 2 aliphatic rings. The van der Waals surface area contributed by atoms with Crippen LogP contribution in [0.25, 0.3) is 10.4 Å². The second kappa shape index (κ2) is 4.87. The molecule has 2 aliphatic heterocycles. The van der Waals surface area contributed by atoms with Gasteiger partial charge in [-0.25, -0.2) is 9.50 Å². The molecule has 2 aromatic rings. The number of nitrogens with zero attached hydrogens (tertiary/aromatic N) is 4. The van der Waals surface area contributed by atoms with Gasteiger partial charge in [0, 0.05) is 0 Å². The smallest absolute Gasteiger partial charge is 0.394 e. The van der Waals surface area contributed by atoms with Crippen molar-refractivity contribution in [1.82, 2.24) is 14.6 Å². The van der Waals surface area contributed by atoms with E-state index in [9.17, 15) is 5.11 Å². The molecule has 126 valence electrons. The second-order valence-corrected chi connectivity index (χ2v) is 6.35. The van der Waals surface area contributed by atoms with Crippen molar-refractivity contribution in [2.45, 2.75) is 43.7 Å². The molecule has 0 unspecified atom stereocenters. The normalized spacial score (nSPS) is 34.3. The van der Waals surface area contributed by atoms with Gasteiger partial charge in [-0.05, 0) is 30.8 Å². The Morgan fingerprint density at radius 3 is 2.88 bits per heavy atom. The summed E-state index contributed by atoms with van der Waals surface area (Å²) in [6, 6.07) is 3.51. The van der Waals surface area contributed by atoms with E-state index in [0.717, 1.165) is 0 Å². The zero-order valence-corrected chi connectivity index (χ0v) is 13.3. The van der Waals surface area contributed by atoms with Gasteiger partial charge in [-0.3, -0.25) is 4.74 Å². The average Bonchev–Trinajstić information content (AvgIpc) is 3.18. The first kappa shape index (κ1) is 15.3. The minimum Gasteiger partial charge on any atom is -0.394 e. The predicted molar refractivity (Wildman–Crippen MR) is 83.2 cm³/mol. The topological polar surface area (TPSA) is 108 Å². The Kier molecular flexibility index (Phi) is 3.10.